The van der Waals surface area contributed by atoms with Gasteiger partial charge in [0.25, 0.3) is 0 Å². The molecule has 0 aliphatic carbocycles. The Balaban J connectivity index is 2.05. The maximum Gasteiger partial charge on any atom is 0.132 e. The molecule has 0 saturated heterocycles. The maximum atomic E-state index is 11.5. The van der Waals surface area contributed by atoms with Crippen molar-refractivity contribution in [3.05, 3.63) is 70.9 Å². The summed E-state index contributed by atoms with van der Waals surface area (Å²) in [7, 11) is 0. The molecule has 0 radical (unpaired) electrons. The van der Waals surface area contributed by atoms with Crippen LogP contribution in [-0.2, 0) is 12.8 Å². The van der Waals surface area contributed by atoms with Crippen LogP contribution < -0.4 is 0 Å². The summed E-state index contributed by atoms with van der Waals surface area (Å²) < 4.78 is 0. The predicted molar refractivity (Wildman–Crippen MR) is 138 cm³/mol. The molecule has 4 aromatic rings. The summed E-state index contributed by atoms with van der Waals surface area (Å²) in [5.41, 5.74) is 6.78. The Morgan fingerprint density at radius 1 is 0.938 bits per heavy atom. The van der Waals surface area contributed by atoms with Crippen LogP contribution in [0.1, 0.15) is 56.9 Å². The topological polar surface area (TPSA) is 33.1 Å². The van der Waals surface area contributed by atoms with Gasteiger partial charge in [0.2, 0.25) is 0 Å². The van der Waals surface area contributed by atoms with Crippen LogP contribution in [0.4, 0.5) is 0 Å². The molecule has 1 aromatic heterocycles. The normalized spacial score (nSPS) is 12.2. The summed E-state index contributed by atoms with van der Waals surface area (Å²) in [5, 5.41) is 15.9. The Morgan fingerprint density at radius 3 is 2.38 bits per heavy atom. The highest BCUT2D eigenvalue weighted by molar-refractivity contribution is 6.03. The van der Waals surface area contributed by atoms with E-state index < -0.39 is 0 Å². The van der Waals surface area contributed by atoms with E-state index in [4.69, 9.17) is 4.98 Å². The van der Waals surface area contributed by atoms with Gasteiger partial charge < -0.3 is 5.11 Å². The van der Waals surface area contributed by atoms with Crippen LogP contribution in [-0.4, -0.2) is 10.1 Å². The number of phenolic OH excluding ortho intramolecular Hbond substituents is 1. The van der Waals surface area contributed by atoms with Crippen molar-refractivity contribution < 1.29 is 5.11 Å². The summed E-state index contributed by atoms with van der Waals surface area (Å²) in [6.45, 7) is 15.5. The summed E-state index contributed by atoms with van der Waals surface area (Å²) >= 11 is 0. The second-order valence-corrected chi connectivity index (χ2v) is 11.0. The van der Waals surface area contributed by atoms with Gasteiger partial charge in [-0.2, -0.15) is 0 Å². The highest BCUT2D eigenvalue weighted by Gasteiger charge is 2.20. The molecule has 0 amide bonds. The smallest absolute Gasteiger partial charge is 0.132 e. The number of hydrogen-bond donors (Lipinski definition) is 1. The molecular weight excluding hydrogens is 390 g/mol. The number of pyridine rings is 1. The van der Waals surface area contributed by atoms with Crippen molar-refractivity contribution in [1.29, 1.82) is 0 Å². The van der Waals surface area contributed by atoms with Gasteiger partial charge in [-0.15, -0.1) is 0 Å². The Hall–Kier alpha value is -2.87. The number of hydrogen-bond acceptors (Lipinski definition) is 2. The highest BCUT2D eigenvalue weighted by Crippen LogP contribution is 2.42. The SMILES string of the molecule is Cc1cc(C)c2c(-c3cc(CC(C)(C)C)c4ccc(CC(C)C)cc4c3O)nccc2c1. The third-order valence-electron chi connectivity index (χ3n) is 6.08. The second kappa shape index (κ2) is 8.24. The van der Waals surface area contributed by atoms with Gasteiger partial charge in [-0.25, -0.2) is 0 Å². The summed E-state index contributed by atoms with van der Waals surface area (Å²) in [5.74, 6) is 0.903. The van der Waals surface area contributed by atoms with Crippen LogP contribution in [0.25, 0.3) is 32.8 Å². The first-order valence-corrected chi connectivity index (χ1v) is 11.7. The van der Waals surface area contributed by atoms with Gasteiger partial charge in [-0.3, -0.25) is 4.98 Å². The largest absolute Gasteiger partial charge is 0.507 e. The standard InChI is InChI=1S/C30H35NO/c1-18(2)12-21-8-9-24-23(17-30(5,6)7)16-26(29(32)25(24)15-21)28-27-20(4)13-19(3)14-22(27)10-11-31-28/h8-11,13-16,18,32H,12,17H2,1-7H3. The molecule has 0 atom stereocenters. The predicted octanol–water partition coefficient (Wildman–Crippen LogP) is 8.16. The van der Waals surface area contributed by atoms with Crippen LogP contribution in [0, 0.1) is 25.2 Å². The lowest BCUT2D eigenvalue weighted by Crippen LogP contribution is -2.10. The summed E-state index contributed by atoms with van der Waals surface area (Å²) in [6, 6.07) is 15.2. The third-order valence-corrected chi connectivity index (χ3v) is 6.08. The van der Waals surface area contributed by atoms with E-state index in [1.165, 1.54) is 22.3 Å². The van der Waals surface area contributed by atoms with Gasteiger partial charge in [0, 0.05) is 22.5 Å². The Labute approximate surface area is 192 Å². The lowest BCUT2D eigenvalue weighted by Gasteiger charge is -2.22. The number of nitrogens with zero attached hydrogens (tertiary/aromatic N) is 1. The average Bonchev–Trinajstić information content (AvgIpc) is 2.68. The minimum atomic E-state index is 0.136. The maximum absolute atomic E-state index is 11.5. The molecule has 4 rings (SSSR count). The van der Waals surface area contributed by atoms with E-state index in [2.05, 4.69) is 90.9 Å². The van der Waals surface area contributed by atoms with E-state index in [-0.39, 0.29) is 5.41 Å². The molecule has 1 heterocycles. The van der Waals surface area contributed by atoms with Crippen molar-refractivity contribution in [2.75, 3.05) is 0 Å². The van der Waals surface area contributed by atoms with Crippen LogP contribution in [0.2, 0.25) is 0 Å². The van der Waals surface area contributed by atoms with E-state index in [0.29, 0.717) is 11.7 Å². The number of rotatable bonds is 4. The van der Waals surface area contributed by atoms with Gasteiger partial charge in [-0.05, 0) is 83.7 Å². The van der Waals surface area contributed by atoms with Gasteiger partial charge in [-0.1, -0.05) is 64.4 Å². The zero-order chi connectivity index (χ0) is 23.2. The van der Waals surface area contributed by atoms with Crippen LogP contribution in [0.5, 0.6) is 5.75 Å². The Morgan fingerprint density at radius 2 is 1.69 bits per heavy atom. The molecule has 0 aliphatic rings. The minimum absolute atomic E-state index is 0.136. The zero-order valence-corrected chi connectivity index (χ0v) is 20.5. The van der Waals surface area contributed by atoms with Crippen LogP contribution in [0.15, 0.2) is 48.7 Å². The number of phenols is 1. The molecule has 0 saturated carbocycles. The molecular formula is C30H35NO. The van der Waals surface area contributed by atoms with Crippen molar-refractivity contribution in [3.63, 3.8) is 0 Å². The van der Waals surface area contributed by atoms with Crippen molar-refractivity contribution in [3.8, 4) is 17.0 Å². The highest BCUT2D eigenvalue weighted by atomic mass is 16.3. The lowest BCUT2D eigenvalue weighted by molar-refractivity contribution is 0.412. The van der Waals surface area contributed by atoms with Gasteiger partial charge in [0.1, 0.15) is 5.75 Å². The van der Waals surface area contributed by atoms with E-state index >= 15 is 0 Å². The molecule has 166 valence electrons. The monoisotopic (exact) mass is 425 g/mol. The quantitative estimate of drug-likeness (QED) is 0.358. The van der Waals surface area contributed by atoms with E-state index in [1.54, 1.807) is 0 Å². The van der Waals surface area contributed by atoms with Crippen LogP contribution >= 0.6 is 0 Å². The molecule has 32 heavy (non-hydrogen) atoms. The first-order valence-electron chi connectivity index (χ1n) is 11.7. The molecule has 1 N–H and O–H groups in total. The Kier molecular flexibility index (Phi) is 5.75. The molecule has 0 bridgehead atoms. The van der Waals surface area contributed by atoms with Crippen molar-refractivity contribution >= 4 is 21.5 Å². The second-order valence-electron chi connectivity index (χ2n) is 11.0. The average molecular weight is 426 g/mol. The number of aromatic nitrogens is 1. The van der Waals surface area contributed by atoms with Gasteiger partial charge in [0.15, 0.2) is 0 Å². The van der Waals surface area contributed by atoms with E-state index in [1.807, 2.05) is 6.20 Å². The zero-order valence-electron chi connectivity index (χ0n) is 20.5. The number of aromatic hydroxyl groups is 1. The Bertz CT molecular complexity index is 1310. The van der Waals surface area contributed by atoms with E-state index in [9.17, 15) is 5.11 Å². The van der Waals surface area contributed by atoms with Crippen molar-refractivity contribution in [2.45, 2.75) is 61.3 Å². The molecule has 2 heteroatoms. The fourth-order valence-corrected chi connectivity index (χ4v) is 4.95. The van der Waals surface area contributed by atoms with Gasteiger partial charge in [0.05, 0.1) is 5.69 Å². The number of fused-ring (bicyclic) bond motifs is 2. The molecule has 0 aliphatic heterocycles. The molecule has 0 fully saturated rings. The van der Waals surface area contributed by atoms with E-state index in [0.717, 1.165) is 45.6 Å². The first-order chi connectivity index (χ1) is 15.0. The number of benzene rings is 3. The third kappa shape index (κ3) is 4.37. The number of aryl methyl sites for hydroxylation is 2. The summed E-state index contributed by atoms with van der Waals surface area (Å²) in [4.78, 5) is 4.78. The molecule has 0 spiro atoms. The fraction of sp³-hybridized carbons (Fsp3) is 0.367. The molecule has 2 nitrogen and oxygen atoms in total. The van der Waals surface area contributed by atoms with Gasteiger partial charge >= 0.3 is 0 Å². The molecule has 0 unspecified atom stereocenters. The minimum Gasteiger partial charge on any atom is -0.507 e. The van der Waals surface area contributed by atoms with Crippen molar-refractivity contribution in [1.82, 2.24) is 4.98 Å². The fourth-order valence-electron chi connectivity index (χ4n) is 4.95. The lowest BCUT2D eigenvalue weighted by atomic mass is 9.84. The summed E-state index contributed by atoms with van der Waals surface area (Å²) in [6.07, 6.45) is 3.79. The van der Waals surface area contributed by atoms with Crippen molar-refractivity contribution in [2.24, 2.45) is 11.3 Å². The molecule has 3 aromatic carbocycles. The first kappa shape index (κ1) is 22.3. The van der Waals surface area contributed by atoms with Crippen LogP contribution in [0.3, 0.4) is 0 Å².